The molecule has 0 saturated carbocycles. The van der Waals surface area contributed by atoms with E-state index in [9.17, 15) is 26.3 Å². The number of halogens is 7. The predicted molar refractivity (Wildman–Crippen MR) is 73.4 cm³/mol. The van der Waals surface area contributed by atoms with Crippen molar-refractivity contribution in [2.45, 2.75) is 38.2 Å². The van der Waals surface area contributed by atoms with Crippen molar-refractivity contribution in [2.75, 3.05) is 6.54 Å². The van der Waals surface area contributed by atoms with E-state index < -0.39 is 24.3 Å². The van der Waals surface area contributed by atoms with E-state index in [0.29, 0.717) is 15.1 Å². The number of thiophene rings is 1. The average Bonchev–Trinajstić information content (AvgIpc) is 2.67. The highest BCUT2D eigenvalue weighted by atomic mass is 79.9. The van der Waals surface area contributed by atoms with Crippen LogP contribution in [0, 0.1) is 5.92 Å². The second-order valence-corrected chi connectivity index (χ2v) is 7.08. The van der Waals surface area contributed by atoms with Gasteiger partial charge in [0.25, 0.3) is 0 Å². The summed E-state index contributed by atoms with van der Waals surface area (Å²) < 4.78 is 77.7. The van der Waals surface area contributed by atoms with Gasteiger partial charge in [0.2, 0.25) is 0 Å². The third-order valence-corrected chi connectivity index (χ3v) is 4.46. The zero-order chi connectivity index (χ0) is 16.3. The van der Waals surface area contributed by atoms with Crippen molar-refractivity contribution in [1.29, 1.82) is 0 Å². The van der Waals surface area contributed by atoms with Crippen LogP contribution in [-0.4, -0.2) is 24.9 Å². The van der Waals surface area contributed by atoms with Crippen LogP contribution in [0.3, 0.4) is 0 Å². The minimum atomic E-state index is -5.34. The third kappa shape index (κ3) is 5.78. The van der Waals surface area contributed by atoms with Gasteiger partial charge in [-0.3, -0.25) is 0 Å². The van der Waals surface area contributed by atoms with Crippen LogP contribution in [0.4, 0.5) is 26.3 Å². The van der Waals surface area contributed by atoms with Gasteiger partial charge in [-0.1, -0.05) is 6.92 Å². The fraction of sp³-hybridized carbons (Fsp3) is 0.667. The second kappa shape index (κ2) is 7.32. The zero-order valence-corrected chi connectivity index (χ0v) is 13.4. The molecule has 9 heteroatoms. The van der Waals surface area contributed by atoms with Crippen molar-refractivity contribution in [2.24, 2.45) is 5.92 Å². The molecule has 0 saturated heterocycles. The van der Waals surface area contributed by atoms with Gasteiger partial charge >= 0.3 is 12.4 Å². The van der Waals surface area contributed by atoms with Gasteiger partial charge < -0.3 is 5.32 Å². The Labute approximate surface area is 130 Å². The van der Waals surface area contributed by atoms with Crippen molar-refractivity contribution in [1.82, 2.24) is 5.32 Å². The maximum atomic E-state index is 12.8. The van der Waals surface area contributed by atoms with Gasteiger partial charge in [-0.25, -0.2) is 0 Å². The van der Waals surface area contributed by atoms with E-state index in [4.69, 9.17) is 0 Å². The normalized spacial score (nSPS) is 14.7. The largest absolute Gasteiger partial charge is 0.402 e. The fourth-order valence-corrected chi connectivity index (χ4v) is 3.50. The molecule has 1 rings (SSSR count). The van der Waals surface area contributed by atoms with Crippen LogP contribution in [0.25, 0.3) is 0 Å². The van der Waals surface area contributed by atoms with Gasteiger partial charge in [0.15, 0.2) is 5.92 Å². The Morgan fingerprint density at radius 3 is 2.10 bits per heavy atom. The lowest BCUT2D eigenvalue weighted by atomic mass is 9.94. The van der Waals surface area contributed by atoms with Crippen LogP contribution in [0.1, 0.15) is 18.2 Å². The summed E-state index contributed by atoms with van der Waals surface area (Å²) in [6.07, 6.45) is -10.5. The highest BCUT2D eigenvalue weighted by Gasteiger charge is 2.59. The number of hydrogen-bond donors (Lipinski definition) is 1. The standard InChI is InChI=1S/C12H14BrF6NS/c1-2-5-20-8(6-7-3-4-9(13)21-7)10(11(14,15)16)12(17,18)19/h3-4,8,10,20H,2,5-6H2,1H3. The highest BCUT2D eigenvalue weighted by molar-refractivity contribution is 9.11. The monoisotopic (exact) mass is 397 g/mol. The average molecular weight is 398 g/mol. The summed E-state index contributed by atoms with van der Waals surface area (Å²) in [4.78, 5) is 0.467. The Hall–Kier alpha value is -0.280. The van der Waals surface area contributed by atoms with Crippen molar-refractivity contribution in [3.63, 3.8) is 0 Å². The Morgan fingerprint density at radius 2 is 1.71 bits per heavy atom. The molecule has 0 radical (unpaired) electrons. The maximum Gasteiger partial charge on any atom is 0.402 e. The molecule has 1 unspecified atom stereocenters. The van der Waals surface area contributed by atoms with E-state index in [2.05, 4.69) is 21.2 Å². The first-order chi connectivity index (χ1) is 9.55. The van der Waals surface area contributed by atoms with Gasteiger partial charge in [-0.2, -0.15) is 26.3 Å². The summed E-state index contributed by atoms with van der Waals surface area (Å²) in [6.45, 7) is 1.78. The number of rotatable bonds is 6. The van der Waals surface area contributed by atoms with Gasteiger partial charge in [-0.05, 0) is 47.4 Å². The van der Waals surface area contributed by atoms with Crippen LogP contribution < -0.4 is 5.32 Å². The van der Waals surface area contributed by atoms with E-state index in [0.717, 1.165) is 11.3 Å². The molecule has 0 spiro atoms. The topological polar surface area (TPSA) is 12.0 Å². The van der Waals surface area contributed by atoms with Crippen LogP contribution in [0.2, 0.25) is 0 Å². The number of nitrogens with one attached hydrogen (secondary N) is 1. The molecular formula is C12H14BrF6NS. The van der Waals surface area contributed by atoms with E-state index in [-0.39, 0.29) is 13.0 Å². The van der Waals surface area contributed by atoms with Crippen LogP contribution >= 0.6 is 27.3 Å². The highest BCUT2D eigenvalue weighted by Crippen LogP contribution is 2.42. The van der Waals surface area contributed by atoms with Crippen LogP contribution in [-0.2, 0) is 6.42 Å². The Morgan fingerprint density at radius 1 is 1.14 bits per heavy atom. The lowest BCUT2D eigenvalue weighted by Crippen LogP contribution is -2.52. The van der Waals surface area contributed by atoms with Gasteiger partial charge in [-0.15, -0.1) is 11.3 Å². The lowest BCUT2D eigenvalue weighted by molar-refractivity contribution is -0.291. The van der Waals surface area contributed by atoms with E-state index in [1.807, 2.05) is 0 Å². The van der Waals surface area contributed by atoms with Crippen molar-refractivity contribution in [3.8, 4) is 0 Å². The van der Waals surface area contributed by atoms with Crippen LogP contribution in [0.5, 0.6) is 0 Å². The molecule has 1 atom stereocenters. The van der Waals surface area contributed by atoms with Gasteiger partial charge in [0.1, 0.15) is 0 Å². The summed E-state index contributed by atoms with van der Waals surface area (Å²) in [5.74, 6) is -3.38. The molecule has 1 heterocycles. The Bertz CT molecular complexity index is 428. The molecule has 1 aromatic heterocycles. The molecule has 1 aromatic rings. The zero-order valence-electron chi connectivity index (χ0n) is 11.0. The van der Waals surface area contributed by atoms with Crippen LogP contribution in [0.15, 0.2) is 15.9 Å². The SMILES string of the molecule is CCCNC(Cc1ccc(Br)s1)C(C(F)(F)F)C(F)(F)F. The summed E-state index contributed by atoms with van der Waals surface area (Å²) in [7, 11) is 0. The second-order valence-electron chi connectivity index (χ2n) is 4.53. The minimum absolute atomic E-state index is 0.0971. The molecule has 122 valence electrons. The number of alkyl halides is 6. The fourth-order valence-electron chi connectivity index (χ4n) is 1.96. The lowest BCUT2D eigenvalue weighted by Gasteiger charge is -2.31. The van der Waals surface area contributed by atoms with Gasteiger partial charge in [0, 0.05) is 10.9 Å². The summed E-state index contributed by atoms with van der Waals surface area (Å²) in [5.41, 5.74) is 0. The number of hydrogen-bond acceptors (Lipinski definition) is 2. The van der Waals surface area contributed by atoms with Crippen molar-refractivity contribution >= 4 is 27.3 Å². The summed E-state index contributed by atoms with van der Waals surface area (Å²) in [5, 5.41) is 2.39. The van der Waals surface area contributed by atoms with Gasteiger partial charge in [0.05, 0.1) is 3.79 Å². The summed E-state index contributed by atoms with van der Waals surface area (Å²) in [6, 6.07) is 1.40. The molecule has 0 aromatic carbocycles. The first-order valence-corrected chi connectivity index (χ1v) is 7.77. The smallest absolute Gasteiger partial charge is 0.313 e. The molecule has 0 aliphatic rings. The molecule has 0 amide bonds. The van der Waals surface area contributed by atoms with E-state index in [1.54, 1.807) is 13.0 Å². The third-order valence-electron chi connectivity index (χ3n) is 2.81. The quantitative estimate of drug-likeness (QED) is 0.653. The van der Waals surface area contributed by atoms with Crippen molar-refractivity contribution in [3.05, 3.63) is 20.8 Å². The Kier molecular flexibility index (Phi) is 6.54. The first-order valence-electron chi connectivity index (χ1n) is 6.16. The summed E-state index contributed by atoms with van der Waals surface area (Å²) >= 11 is 4.27. The van der Waals surface area contributed by atoms with E-state index in [1.165, 1.54) is 6.07 Å². The molecule has 0 bridgehead atoms. The molecule has 1 N–H and O–H groups in total. The minimum Gasteiger partial charge on any atom is -0.313 e. The predicted octanol–water partition coefficient (Wildman–Crippen LogP) is 5.16. The Balaban J connectivity index is 3.02. The molecule has 0 fully saturated rings. The molecule has 1 nitrogen and oxygen atoms in total. The first kappa shape index (κ1) is 18.8. The molecule has 0 aliphatic heterocycles. The van der Waals surface area contributed by atoms with Crippen molar-refractivity contribution < 1.29 is 26.3 Å². The maximum absolute atomic E-state index is 12.8. The molecule has 0 aliphatic carbocycles. The van der Waals surface area contributed by atoms with E-state index >= 15 is 0 Å². The molecular weight excluding hydrogens is 384 g/mol. The molecule has 21 heavy (non-hydrogen) atoms.